The standard InChI is InChI=1S/C26H38OSi.C26H36OSi.CH4/c2*1-5-6-14-22-15-13-16-23(21-22)27-28(26(2,3)4,24-17-9-7-10-18-24)25-19-11-8-12-20-25;/h7-12,17-20,22-23H,5-6,13-16,21H2,1-4H3;5-12,17-20,22-23H,13-16,21H2,1-4H3;1H4. The predicted molar refractivity (Wildman–Crippen MR) is 255 cm³/mol. The SMILES string of the molecule is C.CC=CCC1CCCC(O[Si](c2ccccc2)(c2ccccc2)C(C)(C)C)C1.CCCCC1CCCC(O[Si](c2ccccc2)(c2ccccc2)C(C)(C)C)C1. The second-order valence-electron chi connectivity index (χ2n) is 18.8. The molecule has 2 nitrogen and oxygen atoms in total. The van der Waals surface area contributed by atoms with E-state index in [1.807, 2.05) is 0 Å². The van der Waals surface area contributed by atoms with Crippen LogP contribution < -0.4 is 20.7 Å². The maximum absolute atomic E-state index is 7.36. The van der Waals surface area contributed by atoms with Crippen LogP contribution in [0.25, 0.3) is 0 Å². The van der Waals surface area contributed by atoms with E-state index in [1.165, 1.54) is 97.8 Å². The molecule has 0 amide bonds. The van der Waals surface area contributed by atoms with Crippen molar-refractivity contribution in [2.24, 2.45) is 11.8 Å². The summed E-state index contributed by atoms with van der Waals surface area (Å²) in [5.41, 5.74) is 0. The zero-order valence-corrected chi connectivity index (χ0v) is 38.3. The summed E-state index contributed by atoms with van der Waals surface area (Å²) in [7, 11) is -4.81. The van der Waals surface area contributed by atoms with Gasteiger partial charge in [-0.05, 0) is 88.1 Å². The first-order valence-electron chi connectivity index (χ1n) is 22.1. The first-order chi connectivity index (χ1) is 26.9. The van der Waals surface area contributed by atoms with Gasteiger partial charge in [0.1, 0.15) is 0 Å². The van der Waals surface area contributed by atoms with Crippen LogP contribution in [0, 0.1) is 11.8 Å². The van der Waals surface area contributed by atoms with Crippen LogP contribution in [-0.2, 0) is 8.85 Å². The van der Waals surface area contributed by atoms with Crippen molar-refractivity contribution < 1.29 is 8.85 Å². The lowest BCUT2D eigenvalue weighted by Crippen LogP contribution is -2.67. The van der Waals surface area contributed by atoms with Crippen LogP contribution in [-0.4, -0.2) is 28.8 Å². The molecule has 2 aliphatic rings. The third kappa shape index (κ3) is 11.6. The quantitative estimate of drug-likeness (QED) is 0.0990. The Kier molecular flexibility index (Phi) is 17.9. The minimum Gasteiger partial charge on any atom is -0.404 e. The van der Waals surface area contributed by atoms with Gasteiger partial charge in [-0.3, -0.25) is 0 Å². The number of hydrogen-bond donors (Lipinski definition) is 0. The van der Waals surface area contributed by atoms with Crippen molar-refractivity contribution >= 4 is 37.4 Å². The zero-order chi connectivity index (χ0) is 40.1. The molecule has 4 unspecified atom stereocenters. The van der Waals surface area contributed by atoms with E-state index >= 15 is 0 Å². The molecule has 0 saturated heterocycles. The highest BCUT2D eigenvalue weighted by Crippen LogP contribution is 2.42. The normalized spacial score (nSPS) is 20.6. The molecule has 0 radical (unpaired) electrons. The van der Waals surface area contributed by atoms with Gasteiger partial charge in [0, 0.05) is 12.2 Å². The smallest absolute Gasteiger partial charge is 0.261 e. The van der Waals surface area contributed by atoms with E-state index in [1.54, 1.807) is 0 Å². The van der Waals surface area contributed by atoms with Crippen LogP contribution in [0.4, 0.5) is 0 Å². The van der Waals surface area contributed by atoms with Gasteiger partial charge in [-0.25, -0.2) is 0 Å². The van der Waals surface area contributed by atoms with E-state index in [9.17, 15) is 0 Å². The molecule has 0 heterocycles. The van der Waals surface area contributed by atoms with Gasteiger partial charge in [-0.2, -0.15) is 0 Å². The Morgan fingerprint density at radius 2 is 0.895 bits per heavy atom. The van der Waals surface area contributed by atoms with E-state index in [4.69, 9.17) is 8.85 Å². The number of rotatable bonds is 13. The molecular weight excluding hydrogens is 725 g/mol. The Bertz CT molecular complexity index is 1630. The van der Waals surface area contributed by atoms with E-state index in [-0.39, 0.29) is 17.5 Å². The van der Waals surface area contributed by atoms with Crippen molar-refractivity contribution in [3.05, 3.63) is 133 Å². The molecule has 2 fully saturated rings. The highest BCUT2D eigenvalue weighted by molar-refractivity contribution is 7.00. The van der Waals surface area contributed by atoms with Gasteiger partial charge in [0.05, 0.1) is 0 Å². The molecule has 4 aromatic carbocycles. The average molecular weight is 803 g/mol. The summed E-state index contributed by atoms with van der Waals surface area (Å²) >= 11 is 0. The molecule has 4 heteroatoms. The molecule has 4 atom stereocenters. The third-order valence-corrected chi connectivity index (χ3v) is 22.8. The lowest BCUT2D eigenvalue weighted by atomic mass is 9.84. The van der Waals surface area contributed by atoms with Crippen LogP contribution in [0.2, 0.25) is 10.1 Å². The molecule has 2 aliphatic carbocycles. The third-order valence-electron chi connectivity index (χ3n) is 12.7. The second kappa shape index (κ2) is 21.8. The van der Waals surface area contributed by atoms with E-state index < -0.39 is 16.6 Å². The Balaban J connectivity index is 0.000000248. The molecule has 0 aliphatic heterocycles. The van der Waals surface area contributed by atoms with Crippen LogP contribution in [0.3, 0.4) is 0 Å². The van der Waals surface area contributed by atoms with Crippen molar-refractivity contribution in [3.63, 3.8) is 0 Å². The lowest BCUT2D eigenvalue weighted by molar-refractivity contribution is 0.110. The number of allylic oxidation sites excluding steroid dienone is 2. The number of unbranched alkanes of at least 4 members (excludes halogenated alkanes) is 1. The summed E-state index contributed by atoms with van der Waals surface area (Å²) in [5.74, 6) is 1.60. The van der Waals surface area contributed by atoms with E-state index in [0.717, 1.165) is 11.8 Å². The van der Waals surface area contributed by atoms with Crippen molar-refractivity contribution in [1.29, 1.82) is 0 Å². The summed E-state index contributed by atoms with van der Waals surface area (Å²) in [5, 5.41) is 5.74. The summed E-state index contributed by atoms with van der Waals surface area (Å²) in [6, 6.07) is 44.3. The molecule has 310 valence electrons. The molecule has 0 spiro atoms. The molecular formula is C53H78O2Si2. The molecule has 0 aromatic heterocycles. The number of hydrogen-bond acceptors (Lipinski definition) is 2. The average Bonchev–Trinajstić information content (AvgIpc) is 3.21. The molecule has 2 saturated carbocycles. The minimum absolute atomic E-state index is 0. The Labute approximate surface area is 352 Å². The van der Waals surface area contributed by atoms with Crippen molar-refractivity contribution in [2.75, 3.05) is 0 Å². The fourth-order valence-corrected chi connectivity index (χ4v) is 19.3. The fourth-order valence-electron chi connectivity index (χ4n) is 9.88. The summed E-state index contributed by atoms with van der Waals surface area (Å²) in [6.07, 6.45) is 20.7. The van der Waals surface area contributed by atoms with Crippen LogP contribution >= 0.6 is 0 Å². The zero-order valence-electron chi connectivity index (χ0n) is 36.3. The van der Waals surface area contributed by atoms with Crippen LogP contribution in [0.1, 0.15) is 140 Å². The Morgan fingerprint density at radius 3 is 1.23 bits per heavy atom. The van der Waals surface area contributed by atoms with Crippen molar-refractivity contribution in [3.8, 4) is 0 Å². The summed E-state index contributed by atoms with van der Waals surface area (Å²) in [6.45, 7) is 18.7. The molecule has 0 N–H and O–H groups in total. The van der Waals surface area contributed by atoms with Crippen LogP contribution in [0.15, 0.2) is 133 Å². The molecule has 4 aromatic rings. The maximum Gasteiger partial charge on any atom is 0.261 e. The van der Waals surface area contributed by atoms with Crippen molar-refractivity contribution in [2.45, 2.75) is 162 Å². The van der Waals surface area contributed by atoms with Gasteiger partial charge in [-0.1, -0.05) is 228 Å². The monoisotopic (exact) mass is 803 g/mol. The first-order valence-corrected chi connectivity index (χ1v) is 25.9. The predicted octanol–water partition coefficient (Wildman–Crippen LogP) is 13.0. The Morgan fingerprint density at radius 1 is 0.544 bits per heavy atom. The van der Waals surface area contributed by atoms with Crippen molar-refractivity contribution in [1.82, 2.24) is 0 Å². The lowest BCUT2D eigenvalue weighted by Gasteiger charge is -2.46. The highest BCUT2D eigenvalue weighted by Gasteiger charge is 2.53. The maximum atomic E-state index is 7.36. The Hall–Kier alpha value is -3.03. The van der Waals surface area contributed by atoms with Gasteiger partial charge in [0.2, 0.25) is 0 Å². The van der Waals surface area contributed by atoms with E-state index in [0.29, 0.717) is 12.2 Å². The summed E-state index contributed by atoms with van der Waals surface area (Å²) in [4.78, 5) is 0. The van der Waals surface area contributed by atoms with Crippen LogP contribution in [0.5, 0.6) is 0 Å². The van der Waals surface area contributed by atoms with E-state index in [2.05, 4.69) is 189 Å². The van der Waals surface area contributed by atoms with Gasteiger partial charge in [0.15, 0.2) is 0 Å². The highest BCUT2D eigenvalue weighted by atomic mass is 28.4. The topological polar surface area (TPSA) is 18.5 Å². The second-order valence-corrected chi connectivity index (χ2v) is 27.3. The summed E-state index contributed by atoms with van der Waals surface area (Å²) < 4.78 is 14.7. The number of benzene rings is 4. The van der Waals surface area contributed by atoms with Gasteiger partial charge in [-0.15, -0.1) is 0 Å². The largest absolute Gasteiger partial charge is 0.404 e. The fraction of sp³-hybridized carbons (Fsp3) is 0.509. The minimum atomic E-state index is -2.42. The first kappa shape index (κ1) is 46.7. The van der Waals surface area contributed by atoms with Gasteiger partial charge < -0.3 is 8.85 Å². The molecule has 6 rings (SSSR count). The molecule has 0 bridgehead atoms. The van der Waals surface area contributed by atoms with Gasteiger partial charge >= 0.3 is 0 Å². The van der Waals surface area contributed by atoms with Gasteiger partial charge in [0.25, 0.3) is 16.6 Å². The molecule has 57 heavy (non-hydrogen) atoms.